The van der Waals surface area contributed by atoms with Crippen molar-refractivity contribution in [3.8, 4) is 23.0 Å². The predicted octanol–water partition coefficient (Wildman–Crippen LogP) is 4.79. The summed E-state index contributed by atoms with van der Waals surface area (Å²) in [5, 5.41) is 47.8. The molecule has 3 aliphatic rings. The maximum absolute atomic E-state index is 15.2. The molecule has 282 valence electrons. The van der Waals surface area contributed by atoms with Crippen LogP contribution in [0.2, 0.25) is 0 Å². The van der Waals surface area contributed by atoms with E-state index >= 15 is 4.79 Å². The monoisotopic (exact) mass is 740 g/mol. The number of urea groups is 1. The lowest BCUT2D eigenvalue weighted by molar-refractivity contribution is -0.0408. The van der Waals surface area contributed by atoms with E-state index in [4.69, 9.17) is 18.9 Å². The number of hydrogen-bond acceptors (Lipinski definition) is 9. The van der Waals surface area contributed by atoms with Crippen LogP contribution in [0.4, 0.5) is 25.8 Å². The van der Waals surface area contributed by atoms with Crippen molar-refractivity contribution in [3.63, 3.8) is 0 Å². The third-order valence-corrected chi connectivity index (χ3v) is 9.60. The van der Waals surface area contributed by atoms with E-state index in [1.807, 2.05) is 12.1 Å². The number of aliphatic hydroxyl groups excluding tert-OH is 2. The second-order valence-electron chi connectivity index (χ2n) is 13.3. The molecule has 4 amide bonds. The molecule has 1 saturated heterocycles. The Hall–Kier alpha value is -6.19. The molecule has 4 atom stereocenters. The Kier molecular flexibility index (Phi) is 10.6. The molecule has 0 spiro atoms. The van der Waals surface area contributed by atoms with Gasteiger partial charge in [-0.3, -0.25) is 10.6 Å². The molecule has 1 fully saturated rings. The Morgan fingerprint density at radius 2 is 0.981 bits per heavy atom. The zero-order valence-corrected chi connectivity index (χ0v) is 29.1. The van der Waals surface area contributed by atoms with Crippen molar-refractivity contribution >= 4 is 29.6 Å². The molecule has 6 N–H and O–H groups in total. The predicted molar refractivity (Wildman–Crippen MR) is 195 cm³/mol. The van der Waals surface area contributed by atoms with Crippen LogP contribution in [0.5, 0.6) is 23.0 Å². The number of amides is 4. The summed E-state index contributed by atoms with van der Waals surface area (Å²) in [4.78, 5) is 41.1. The van der Waals surface area contributed by atoms with Crippen LogP contribution in [-0.4, -0.2) is 99.2 Å². The van der Waals surface area contributed by atoms with Crippen LogP contribution in [0.1, 0.15) is 22.3 Å². The van der Waals surface area contributed by atoms with E-state index in [0.29, 0.717) is 71.9 Å². The Bertz CT molecular complexity index is 1890. The molecule has 3 heterocycles. The van der Waals surface area contributed by atoms with Gasteiger partial charge < -0.3 is 49.2 Å². The van der Waals surface area contributed by atoms with Gasteiger partial charge in [0.1, 0.15) is 38.6 Å². The second kappa shape index (κ2) is 15.8. The summed E-state index contributed by atoms with van der Waals surface area (Å²) in [6.07, 6.45) is -5.18. The van der Waals surface area contributed by atoms with Crippen molar-refractivity contribution in [1.82, 2.24) is 9.80 Å². The normalized spacial score (nSPS) is 20.5. The Balaban J connectivity index is 1.30. The van der Waals surface area contributed by atoms with Crippen molar-refractivity contribution in [2.45, 2.75) is 50.2 Å². The van der Waals surface area contributed by atoms with Gasteiger partial charge >= 0.3 is 18.2 Å². The van der Waals surface area contributed by atoms with Crippen molar-refractivity contribution in [2.75, 3.05) is 37.1 Å². The molecule has 0 saturated carbocycles. The summed E-state index contributed by atoms with van der Waals surface area (Å²) < 4.78 is 23.0. The van der Waals surface area contributed by atoms with Gasteiger partial charge in [0.15, 0.2) is 23.0 Å². The number of hydrogen-bond donors (Lipinski definition) is 6. The molecular formula is C39H40N4O11. The smallest absolute Gasteiger partial charge is 0.409 e. The highest BCUT2D eigenvalue weighted by Gasteiger charge is 2.46. The largest absolute Gasteiger partial charge is 0.486 e. The molecule has 0 bridgehead atoms. The molecule has 0 aromatic heterocycles. The fraction of sp³-hybridized carbons (Fsp3) is 0.308. The number of aliphatic hydroxyl groups is 2. The zero-order valence-electron chi connectivity index (χ0n) is 29.1. The number of ether oxygens (including phenoxy) is 4. The van der Waals surface area contributed by atoms with E-state index in [9.17, 15) is 30.0 Å². The number of carbonyl (C=O) groups excluding carboxylic acids is 1. The first-order valence-electron chi connectivity index (χ1n) is 17.5. The summed E-state index contributed by atoms with van der Waals surface area (Å²) in [5.74, 6) is 2.21. The maximum Gasteiger partial charge on any atom is 0.409 e. The lowest BCUT2D eigenvalue weighted by atomic mass is 9.90. The number of anilines is 2. The summed E-state index contributed by atoms with van der Waals surface area (Å²) in [6, 6.07) is 21.5. The van der Waals surface area contributed by atoms with Crippen LogP contribution < -0.4 is 29.6 Å². The van der Waals surface area contributed by atoms with Gasteiger partial charge in [0, 0.05) is 24.5 Å². The molecule has 4 aromatic carbocycles. The molecule has 3 aliphatic heterocycles. The average molecular weight is 741 g/mol. The molecule has 15 heteroatoms. The summed E-state index contributed by atoms with van der Waals surface area (Å²) in [5.41, 5.74) is 3.17. The van der Waals surface area contributed by atoms with Gasteiger partial charge in [-0.05, 0) is 83.6 Å². The summed E-state index contributed by atoms with van der Waals surface area (Å²) in [7, 11) is 0. The number of nitrogens with zero attached hydrogens (tertiary/aromatic N) is 2. The number of carbonyl (C=O) groups is 3. The van der Waals surface area contributed by atoms with E-state index in [0.717, 1.165) is 11.1 Å². The van der Waals surface area contributed by atoms with Gasteiger partial charge in [-0.25, -0.2) is 14.4 Å². The van der Waals surface area contributed by atoms with Crippen LogP contribution in [0.3, 0.4) is 0 Å². The van der Waals surface area contributed by atoms with Crippen LogP contribution in [0, 0.1) is 0 Å². The first-order valence-corrected chi connectivity index (χ1v) is 17.5. The van der Waals surface area contributed by atoms with Crippen LogP contribution in [0.15, 0.2) is 84.9 Å². The van der Waals surface area contributed by atoms with Gasteiger partial charge in [-0.1, -0.05) is 36.4 Å². The number of benzene rings is 4. The minimum Gasteiger partial charge on any atom is -0.486 e. The van der Waals surface area contributed by atoms with Gasteiger partial charge in [0.2, 0.25) is 0 Å². The van der Waals surface area contributed by atoms with E-state index in [1.165, 1.54) is 9.80 Å². The van der Waals surface area contributed by atoms with E-state index in [1.54, 1.807) is 72.8 Å². The van der Waals surface area contributed by atoms with Gasteiger partial charge in [-0.15, -0.1) is 0 Å². The highest BCUT2D eigenvalue weighted by atomic mass is 16.6. The van der Waals surface area contributed by atoms with Gasteiger partial charge in [-0.2, -0.15) is 0 Å². The molecule has 0 aliphatic carbocycles. The number of rotatable bonds is 10. The molecule has 0 radical (unpaired) electrons. The molecular weight excluding hydrogens is 700 g/mol. The second-order valence-corrected chi connectivity index (χ2v) is 13.3. The maximum atomic E-state index is 15.2. The van der Waals surface area contributed by atoms with Crippen molar-refractivity contribution in [1.29, 1.82) is 0 Å². The Labute approximate surface area is 310 Å². The molecule has 54 heavy (non-hydrogen) atoms. The topological polar surface area (TPSA) is 200 Å². The quantitative estimate of drug-likeness (QED) is 0.131. The third kappa shape index (κ3) is 8.22. The Morgan fingerprint density at radius 3 is 1.39 bits per heavy atom. The molecule has 7 rings (SSSR count). The first kappa shape index (κ1) is 36.2. The van der Waals surface area contributed by atoms with Crippen molar-refractivity contribution in [2.24, 2.45) is 0 Å². The molecule has 0 unspecified atom stereocenters. The van der Waals surface area contributed by atoms with E-state index in [2.05, 4.69) is 10.6 Å². The van der Waals surface area contributed by atoms with Crippen LogP contribution >= 0.6 is 0 Å². The van der Waals surface area contributed by atoms with Crippen molar-refractivity contribution < 1.29 is 53.8 Å². The fourth-order valence-corrected chi connectivity index (χ4v) is 7.15. The average Bonchev–Trinajstić information content (AvgIpc) is 3.21. The number of carboxylic acid groups (broad SMARTS) is 2. The minimum atomic E-state index is -1.46. The van der Waals surface area contributed by atoms with Gasteiger partial charge in [0.25, 0.3) is 0 Å². The lowest BCUT2D eigenvalue weighted by Crippen LogP contribution is -2.50. The van der Waals surface area contributed by atoms with Crippen LogP contribution in [-0.2, 0) is 25.9 Å². The SMILES string of the molecule is O=C(O)Nc1cccc(CN2C(=O)N(Cc3cccc(NC(=O)O)c3)[C@H](Cc3ccc4c(c3)OCCO4)[C@H](O)[C@@H](O)[C@H]2Cc2ccc3c(c2)OCCO3)c1. The van der Waals surface area contributed by atoms with E-state index in [-0.39, 0.29) is 25.9 Å². The summed E-state index contributed by atoms with van der Waals surface area (Å²) >= 11 is 0. The third-order valence-electron chi connectivity index (χ3n) is 9.60. The summed E-state index contributed by atoms with van der Waals surface area (Å²) in [6.45, 7) is 1.45. The molecule has 15 nitrogen and oxygen atoms in total. The lowest BCUT2D eigenvalue weighted by Gasteiger charge is -2.36. The van der Waals surface area contributed by atoms with Crippen LogP contribution in [0.25, 0.3) is 0 Å². The van der Waals surface area contributed by atoms with Gasteiger partial charge in [0.05, 0.1) is 12.1 Å². The fourth-order valence-electron chi connectivity index (χ4n) is 7.15. The molecule has 4 aromatic rings. The zero-order chi connectivity index (χ0) is 37.8. The van der Waals surface area contributed by atoms with E-state index < -0.39 is 42.5 Å². The standard InChI is InChI=1S/C39H40N4O11/c44-35-29(17-23-7-9-31-33(19-23)53-13-11-51-31)42(21-25-3-1-5-27(15-25)40-37(46)47)39(50)43(22-26-4-2-6-28(16-26)41-38(48)49)30(36(35)45)18-24-8-10-32-34(20-24)54-14-12-52-32/h1-10,15-16,19-20,29-30,35-36,40-41,44-45H,11-14,17-18,21-22H2,(H,46,47)(H,48,49)/t29-,30-,35+,36+/m1/s1. The number of fused-ring (bicyclic) bond motifs is 2. The number of nitrogens with one attached hydrogen (secondary N) is 2. The Morgan fingerprint density at radius 1 is 0.574 bits per heavy atom. The highest BCUT2D eigenvalue weighted by Crippen LogP contribution is 2.36. The van der Waals surface area contributed by atoms with Crippen molar-refractivity contribution in [3.05, 3.63) is 107 Å². The minimum absolute atomic E-state index is 0.0547. The first-order chi connectivity index (χ1) is 26.1. The highest BCUT2D eigenvalue weighted by molar-refractivity contribution is 5.83.